The lowest BCUT2D eigenvalue weighted by atomic mass is 10.0. The molecule has 0 fully saturated rings. The molecule has 0 saturated heterocycles. The first-order chi connectivity index (χ1) is 11.0. The van der Waals surface area contributed by atoms with E-state index in [1.807, 2.05) is 0 Å². The van der Waals surface area contributed by atoms with Crippen LogP contribution in [0.4, 0.5) is 0 Å². The number of fused-ring (bicyclic) bond motifs is 2. The van der Waals surface area contributed by atoms with E-state index in [1.165, 1.54) is 40.9 Å². The Bertz CT molecular complexity index is 868. The Morgan fingerprint density at radius 3 is 1.17 bits per heavy atom. The van der Waals surface area contributed by atoms with Crippen LogP contribution < -0.4 is 10.4 Å². The lowest BCUT2D eigenvalue weighted by Crippen LogP contribution is -2.37. The number of benzene rings is 3. The predicted octanol–water partition coefficient (Wildman–Crippen LogP) is 6.61. The van der Waals surface area contributed by atoms with Crippen molar-refractivity contribution >= 4 is 79.9 Å². The third-order valence-electron chi connectivity index (χ3n) is 4.72. The molecule has 0 spiro atoms. The van der Waals surface area contributed by atoms with Gasteiger partial charge in [-0.05, 0) is 53.4 Å². The van der Waals surface area contributed by atoms with Gasteiger partial charge in [-0.3, -0.25) is 0 Å². The number of hydrogen-bond acceptors (Lipinski definition) is 0. The van der Waals surface area contributed by atoms with Crippen molar-refractivity contribution in [2.45, 2.75) is 39.3 Å². The fraction of sp³-hybridized carbons (Fsp3) is 0.300. The monoisotopic (exact) mass is 478 g/mol. The van der Waals surface area contributed by atoms with E-state index >= 15 is 0 Å². The largest absolute Gasteiger partial charge is 0.0776 e. The minimum absolute atomic E-state index is 1.22. The zero-order valence-corrected chi connectivity index (χ0v) is 20.4. The highest BCUT2D eigenvalue weighted by Crippen LogP contribution is 2.39. The second-order valence-electron chi connectivity index (χ2n) is 8.65. The first-order valence-corrected chi connectivity index (χ1v) is 16.9. The SMILES string of the molecule is C[Si](C)(C)c1ccc2c(Br)c3cc([Si](C)(C)C)ccc3c(Br)c2c1. The van der Waals surface area contributed by atoms with Crippen LogP contribution in [-0.4, -0.2) is 16.1 Å². The van der Waals surface area contributed by atoms with Crippen LogP contribution in [-0.2, 0) is 0 Å². The van der Waals surface area contributed by atoms with Crippen molar-refractivity contribution in [2.24, 2.45) is 0 Å². The normalized spacial score (nSPS) is 13.0. The fourth-order valence-corrected chi connectivity index (χ4v) is 6.73. The minimum atomic E-state index is -1.32. The van der Waals surface area contributed by atoms with E-state index in [1.54, 1.807) is 0 Å². The molecule has 0 amide bonds. The Morgan fingerprint density at radius 1 is 0.542 bits per heavy atom. The van der Waals surface area contributed by atoms with E-state index in [9.17, 15) is 0 Å². The average molecular weight is 480 g/mol. The second kappa shape index (κ2) is 6.08. The molecule has 4 heteroatoms. The molecular weight excluding hydrogens is 456 g/mol. The molecule has 0 atom stereocenters. The van der Waals surface area contributed by atoms with E-state index in [0.29, 0.717) is 0 Å². The topological polar surface area (TPSA) is 0 Å². The molecule has 3 rings (SSSR count). The maximum Gasteiger partial charge on any atom is 0.0776 e. The smallest absolute Gasteiger partial charge is 0.0656 e. The van der Waals surface area contributed by atoms with E-state index in [-0.39, 0.29) is 0 Å². The van der Waals surface area contributed by atoms with E-state index in [2.05, 4.69) is 108 Å². The Balaban J connectivity index is 2.39. The van der Waals surface area contributed by atoms with Crippen LogP contribution in [0.25, 0.3) is 21.5 Å². The van der Waals surface area contributed by atoms with Crippen molar-refractivity contribution < 1.29 is 0 Å². The van der Waals surface area contributed by atoms with Gasteiger partial charge in [0.2, 0.25) is 0 Å². The van der Waals surface area contributed by atoms with Crippen molar-refractivity contribution in [1.29, 1.82) is 0 Å². The summed E-state index contributed by atoms with van der Waals surface area (Å²) >= 11 is 7.80. The highest BCUT2D eigenvalue weighted by molar-refractivity contribution is 9.11. The molecule has 0 aliphatic heterocycles. The summed E-state index contributed by atoms with van der Waals surface area (Å²) in [5.74, 6) is 0. The zero-order valence-electron chi connectivity index (χ0n) is 15.2. The minimum Gasteiger partial charge on any atom is -0.0656 e. The molecule has 0 aliphatic rings. The maximum atomic E-state index is 3.90. The Hall–Kier alpha value is -0.426. The van der Waals surface area contributed by atoms with Crippen LogP contribution in [0.1, 0.15) is 0 Å². The van der Waals surface area contributed by atoms with Gasteiger partial charge < -0.3 is 0 Å². The molecule has 24 heavy (non-hydrogen) atoms. The molecule has 0 nitrogen and oxygen atoms in total. The molecule has 3 aromatic carbocycles. The van der Waals surface area contributed by atoms with Crippen LogP contribution in [0.5, 0.6) is 0 Å². The average Bonchev–Trinajstić information content (AvgIpc) is 2.49. The fourth-order valence-electron chi connectivity index (χ4n) is 3.06. The van der Waals surface area contributed by atoms with Gasteiger partial charge in [-0.25, -0.2) is 0 Å². The summed E-state index contributed by atoms with van der Waals surface area (Å²) in [6.45, 7) is 14.4. The first kappa shape index (κ1) is 18.4. The van der Waals surface area contributed by atoms with Crippen LogP contribution in [0, 0.1) is 0 Å². The molecule has 3 aromatic rings. The molecule has 0 aliphatic carbocycles. The molecule has 0 unspecified atom stereocenters. The van der Waals surface area contributed by atoms with E-state index in [4.69, 9.17) is 0 Å². The van der Waals surface area contributed by atoms with Crippen molar-refractivity contribution in [3.05, 3.63) is 45.3 Å². The van der Waals surface area contributed by atoms with E-state index < -0.39 is 16.1 Å². The second-order valence-corrected chi connectivity index (χ2v) is 20.4. The highest BCUT2D eigenvalue weighted by atomic mass is 79.9. The zero-order chi connectivity index (χ0) is 17.9. The summed E-state index contributed by atoms with van der Waals surface area (Å²) in [4.78, 5) is 0. The van der Waals surface area contributed by atoms with Gasteiger partial charge in [0.15, 0.2) is 0 Å². The van der Waals surface area contributed by atoms with Crippen molar-refractivity contribution in [1.82, 2.24) is 0 Å². The quantitative estimate of drug-likeness (QED) is 0.286. The van der Waals surface area contributed by atoms with Gasteiger partial charge in [0.1, 0.15) is 0 Å². The van der Waals surface area contributed by atoms with Crippen molar-refractivity contribution in [2.75, 3.05) is 0 Å². The van der Waals surface area contributed by atoms with Crippen LogP contribution in [0.15, 0.2) is 45.3 Å². The summed E-state index contributed by atoms with van der Waals surface area (Å²) in [7, 11) is -2.65. The standard InChI is InChI=1S/C20H24Br2Si2/c1-23(2,3)13-7-9-15-17(11-13)19(21)16-10-8-14(24(4,5)6)12-18(16)20(15)22/h7-12H,1-6H3. The van der Waals surface area contributed by atoms with Crippen LogP contribution >= 0.6 is 31.9 Å². The summed E-state index contributed by atoms with van der Waals surface area (Å²) in [6, 6.07) is 14.0. The molecule has 0 bridgehead atoms. The van der Waals surface area contributed by atoms with Crippen molar-refractivity contribution in [3.63, 3.8) is 0 Å². The first-order valence-electron chi connectivity index (χ1n) is 8.35. The maximum absolute atomic E-state index is 3.90. The van der Waals surface area contributed by atoms with Gasteiger partial charge in [-0.2, -0.15) is 0 Å². The molecule has 0 heterocycles. The third kappa shape index (κ3) is 3.18. The third-order valence-corrected chi connectivity index (χ3v) is 10.5. The van der Waals surface area contributed by atoms with Crippen molar-refractivity contribution in [3.8, 4) is 0 Å². The van der Waals surface area contributed by atoms with Gasteiger partial charge in [0.25, 0.3) is 0 Å². The van der Waals surface area contributed by atoms with Crippen LogP contribution in [0.3, 0.4) is 0 Å². The van der Waals surface area contributed by atoms with Gasteiger partial charge in [0.05, 0.1) is 16.1 Å². The van der Waals surface area contributed by atoms with Crippen LogP contribution in [0.2, 0.25) is 39.3 Å². The number of halogens is 2. The highest BCUT2D eigenvalue weighted by Gasteiger charge is 2.21. The molecular formula is C20H24Br2Si2. The number of rotatable bonds is 2. The summed E-state index contributed by atoms with van der Waals surface area (Å²) in [5, 5.41) is 8.22. The van der Waals surface area contributed by atoms with Gasteiger partial charge in [-0.15, -0.1) is 0 Å². The summed E-state index contributed by atoms with van der Waals surface area (Å²) in [6.07, 6.45) is 0. The lowest BCUT2D eigenvalue weighted by Gasteiger charge is -2.20. The molecule has 0 radical (unpaired) electrons. The molecule has 0 N–H and O–H groups in total. The predicted molar refractivity (Wildman–Crippen MR) is 123 cm³/mol. The number of hydrogen-bond donors (Lipinski definition) is 0. The van der Waals surface area contributed by atoms with Gasteiger partial charge >= 0.3 is 0 Å². The molecule has 0 aromatic heterocycles. The Kier molecular flexibility index (Phi) is 4.65. The lowest BCUT2D eigenvalue weighted by molar-refractivity contribution is 1.68. The van der Waals surface area contributed by atoms with Gasteiger partial charge in [-0.1, -0.05) is 86.1 Å². The Labute approximate surface area is 163 Å². The summed E-state index contributed by atoms with van der Waals surface area (Å²) in [5.41, 5.74) is 0. The Morgan fingerprint density at radius 2 is 0.875 bits per heavy atom. The molecule has 126 valence electrons. The summed E-state index contributed by atoms with van der Waals surface area (Å²) < 4.78 is 2.44. The molecule has 0 saturated carbocycles. The van der Waals surface area contributed by atoms with Gasteiger partial charge in [0, 0.05) is 8.95 Å². The van der Waals surface area contributed by atoms with E-state index in [0.717, 1.165) is 0 Å².